The van der Waals surface area contributed by atoms with E-state index in [0.29, 0.717) is 17.1 Å². The molecule has 8 heteroatoms. The third kappa shape index (κ3) is 3.98. The monoisotopic (exact) mass is 398 g/mol. The lowest BCUT2D eigenvalue weighted by Crippen LogP contribution is -2.21. The number of carbonyl (C=O) groups is 1. The van der Waals surface area contributed by atoms with Crippen molar-refractivity contribution in [1.29, 1.82) is 0 Å². The third-order valence-electron chi connectivity index (χ3n) is 4.76. The van der Waals surface area contributed by atoms with Crippen LogP contribution in [0.1, 0.15) is 34.8 Å². The minimum atomic E-state index is -0.399. The standard InChI is InChI=1S/C20H22N4O3S/c1-26-19(25)16-9-12-27-17(16)14-28-20-22-21-18(13-23-10-5-6-11-23)24(20)15-7-3-2-4-8-15/h2-4,7-9,12H,5-6,10-11,13-14H2,1H3. The van der Waals surface area contributed by atoms with Crippen LogP contribution in [-0.4, -0.2) is 45.8 Å². The Hall–Kier alpha value is -2.58. The number of thioether (sulfide) groups is 1. The van der Waals surface area contributed by atoms with E-state index in [9.17, 15) is 4.79 Å². The van der Waals surface area contributed by atoms with Crippen molar-refractivity contribution >= 4 is 17.7 Å². The second kappa shape index (κ2) is 8.62. The van der Waals surface area contributed by atoms with Crippen molar-refractivity contribution in [1.82, 2.24) is 19.7 Å². The van der Waals surface area contributed by atoms with E-state index in [2.05, 4.69) is 19.7 Å². The maximum atomic E-state index is 11.9. The fourth-order valence-electron chi connectivity index (χ4n) is 3.35. The molecule has 0 atom stereocenters. The first-order valence-electron chi connectivity index (χ1n) is 9.26. The molecular weight excluding hydrogens is 376 g/mol. The van der Waals surface area contributed by atoms with Gasteiger partial charge in [0.2, 0.25) is 0 Å². The van der Waals surface area contributed by atoms with Crippen molar-refractivity contribution < 1.29 is 13.9 Å². The molecule has 0 radical (unpaired) electrons. The molecule has 146 valence electrons. The van der Waals surface area contributed by atoms with Gasteiger partial charge in [-0.25, -0.2) is 4.79 Å². The molecule has 1 fully saturated rings. The summed E-state index contributed by atoms with van der Waals surface area (Å²) in [7, 11) is 1.36. The molecule has 2 aromatic heterocycles. The molecule has 4 rings (SSSR count). The lowest BCUT2D eigenvalue weighted by atomic mass is 10.3. The molecule has 0 aliphatic carbocycles. The molecule has 0 N–H and O–H groups in total. The first-order valence-corrected chi connectivity index (χ1v) is 10.2. The van der Waals surface area contributed by atoms with Crippen LogP contribution >= 0.6 is 11.8 Å². The number of esters is 1. The molecule has 0 amide bonds. The van der Waals surface area contributed by atoms with E-state index in [4.69, 9.17) is 9.15 Å². The van der Waals surface area contributed by atoms with Crippen molar-refractivity contribution in [2.45, 2.75) is 30.3 Å². The lowest BCUT2D eigenvalue weighted by molar-refractivity contribution is 0.0598. The number of hydrogen-bond donors (Lipinski definition) is 0. The Morgan fingerprint density at radius 2 is 1.96 bits per heavy atom. The quantitative estimate of drug-likeness (QED) is 0.445. The summed E-state index contributed by atoms with van der Waals surface area (Å²) < 4.78 is 12.4. The highest BCUT2D eigenvalue weighted by atomic mass is 32.2. The Labute approximate surface area is 167 Å². The number of benzene rings is 1. The molecule has 3 aromatic rings. The van der Waals surface area contributed by atoms with Gasteiger partial charge in [0.1, 0.15) is 11.3 Å². The molecule has 3 heterocycles. The average molecular weight is 398 g/mol. The highest BCUT2D eigenvalue weighted by Crippen LogP contribution is 2.28. The van der Waals surface area contributed by atoms with Crippen LogP contribution in [-0.2, 0) is 17.0 Å². The van der Waals surface area contributed by atoms with Gasteiger partial charge in [0.05, 0.1) is 25.7 Å². The van der Waals surface area contributed by atoms with Gasteiger partial charge in [0.25, 0.3) is 0 Å². The Bertz CT molecular complexity index is 932. The number of para-hydroxylation sites is 1. The van der Waals surface area contributed by atoms with E-state index in [1.165, 1.54) is 38.0 Å². The van der Waals surface area contributed by atoms with Crippen molar-refractivity contribution in [3.8, 4) is 5.69 Å². The number of aromatic nitrogens is 3. The third-order valence-corrected chi connectivity index (χ3v) is 5.69. The van der Waals surface area contributed by atoms with Gasteiger partial charge in [-0.2, -0.15) is 0 Å². The molecule has 0 unspecified atom stereocenters. The number of furan rings is 1. The predicted octanol–water partition coefficient (Wildman–Crippen LogP) is 3.54. The topological polar surface area (TPSA) is 73.4 Å². The van der Waals surface area contributed by atoms with E-state index in [1.54, 1.807) is 6.07 Å². The van der Waals surface area contributed by atoms with Crippen molar-refractivity contribution in [2.75, 3.05) is 20.2 Å². The summed E-state index contributed by atoms with van der Waals surface area (Å²) >= 11 is 1.49. The summed E-state index contributed by atoms with van der Waals surface area (Å²) in [5.41, 5.74) is 1.47. The average Bonchev–Trinajstić information content (AvgIpc) is 3.48. The number of hydrogen-bond acceptors (Lipinski definition) is 7. The largest absolute Gasteiger partial charge is 0.468 e. The van der Waals surface area contributed by atoms with Crippen molar-refractivity contribution in [3.63, 3.8) is 0 Å². The van der Waals surface area contributed by atoms with Gasteiger partial charge in [0.15, 0.2) is 11.0 Å². The second-order valence-electron chi connectivity index (χ2n) is 6.59. The second-order valence-corrected chi connectivity index (χ2v) is 7.53. The smallest absolute Gasteiger partial charge is 0.341 e. The van der Waals surface area contributed by atoms with Gasteiger partial charge in [0, 0.05) is 5.69 Å². The van der Waals surface area contributed by atoms with Crippen LogP contribution in [0.25, 0.3) is 5.69 Å². The molecule has 1 aliphatic rings. The molecule has 1 aromatic carbocycles. The number of rotatable bonds is 7. The van der Waals surface area contributed by atoms with Crippen LogP contribution in [0.5, 0.6) is 0 Å². The summed E-state index contributed by atoms with van der Waals surface area (Å²) in [6.45, 7) is 2.97. The summed E-state index contributed by atoms with van der Waals surface area (Å²) in [6.07, 6.45) is 3.97. The van der Waals surface area contributed by atoms with Crippen LogP contribution in [0.15, 0.2) is 52.2 Å². The highest BCUT2D eigenvalue weighted by Gasteiger charge is 2.21. The molecule has 1 saturated heterocycles. The normalized spacial score (nSPS) is 14.5. The molecule has 0 spiro atoms. The number of methoxy groups -OCH3 is 1. The summed E-state index contributed by atoms with van der Waals surface area (Å²) in [6, 6.07) is 11.7. The maximum absolute atomic E-state index is 11.9. The lowest BCUT2D eigenvalue weighted by Gasteiger charge is -2.15. The predicted molar refractivity (Wildman–Crippen MR) is 105 cm³/mol. The minimum Gasteiger partial charge on any atom is -0.468 e. The molecule has 1 aliphatic heterocycles. The minimum absolute atomic E-state index is 0.399. The molecule has 0 saturated carbocycles. The zero-order valence-electron chi connectivity index (χ0n) is 15.7. The molecule has 7 nitrogen and oxygen atoms in total. The van der Waals surface area contributed by atoms with Crippen LogP contribution in [0.2, 0.25) is 0 Å². The molecule has 0 bridgehead atoms. The Morgan fingerprint density at radius 3 is 2.71 bits per heavy atom. The number of nitrogens with zero attached hydrogens (tertiary/aromatic N) is 4. The summed E-state index contributed by atoms with van der Waals surface area (Å²) in [4.78, 5) is 14.3. The van der Waals surface area contributed by atoms with Crippen LogP contribution in [0.3, 0.4) is 0 Å². The van der Waals surface area contributed by atoms with Crippen molar-refractivity contribution in [2.24, 2.45) is 0 Å². The van der Waals surface area contributed by atoms with E-state index in [-0.39, 0.29) is 0 Å². The molecular formula is C20H22N4O3S. The highest BCUT2D eigenvalue weighted by molar-refractivity contribution is 7.98. The van der Waals surface area contributed by atoms with Gasteiger partial charge in [-0.3, -0.25) is 9.47 Å². The number of likely N-dealkylation sites (tertiary alicyclic amines) is 1. The van der Waals surface area contributed by atoms with E-state index >= 15 is 0 Å². The Morgan fingerprint density at radius 1 is 1.18 bits per heavy atom. The zero-order chi connectivity index (χ0) is 19.3. The van der Waals surface area contributed by atoms with Crippen molar-refractivity contribution in [3.05, 3.63) is 59.8 Å². The van der Waals surface area contributed by atoms with Crippen LogP contribution in [0.4, 0.5) is 0 Å². The van der Waals surface area contributed by atoms with Crippen LogP contribution < -0.4 is 0 Å². The SMILES string of the molecule is COC(=O)c1ccoc1CSc1nnc(CN2CCCC2)n1-c1ccccc1. The van der Waals surface area contributed by atoms with Crippen LogP contribution in [0, 0.1) is 0 Å². The number of carbonyl (C=O) groups excluding carboxylic acids is 1. The maximum Gasteiger partial charge on any atom is 0.341 e. The fourth-order valence-corrected chi connectivity index (χ4v) is 4.27. The van der Waals surface area contributed by atoms with E-state index < -0.39 is 5.97 Å². The first-order chi connectivity index (χ1) is 13.8. The first kappa shape index (κ1) is 18.8. The Balaban J connectivity index is 1.59. The van der Waals surface area contributed by atoms with Gasteiger partial charge in [-0.05, 0) is 44.1 Å². The van der Waals surface area contributed by atoms with Gasteiger partial charge < -0.3 is 9.15 Å². The summed E-state index contributed by atoms with van der Waals surface area (Å²) in [5, 5.41) is 9.65. The van der Waals surface area contributed by atoms with E-state index in [1.807, 2.05) is 30.3 Å². The van der Waals surface area contributed by atoms with Gasteiger partial charge in [-0.15, -0.1) is 10.2 Å². The van der Waals surface area contributed by atoms with Gasteiger partial charge in [-0.1, -0.05) is 30.0 Å². The Kier molecular flexibility index (Phi) is 5.78. The number of ether oxygens (including phenoxy) is 1. The summed E-state index contributed by atoms with van der Waals surface area (Å²) in [5.74, 6) is 1.55. The van der Waals surface area contributed by atoms with Gasteiger partial charge >= 0.3 is 5.97 Å². The molecule has 28 heavy (non-hydrogen) atoms. The fraction of sp³-hybridized carbons (Fsp3) is 0.350. The zero-order valence-corrected chi connectivity index (χ0v) is 16.5. The van der Waals surface area contributed by atoms with E-state index in [0.717, 1.165) is 36.3 Å².